The van der Waals surface area contributed by atoms with Crippen LogP contribution in [0.3, 0.4) is 0 Å². The smallest absolute Gasteiger partial charge is 0.302 e. The zero-order valence-electron chi connectivity index (χ0n) is 15.5. The molecule has 1 fully saturated rings. The van der Waals surface area contributed by atoms with Crippen molar-refractivity contribution in [3.63, 3.8) is 0 Å². The second-order valence-corrected chi connectivity index (χ2v) is 7.76. The number of ether oxygens (including phenoxy) is 2. The van der Waals surface area contributed by atoms with Crippen molar-refractivity contribution in [2.24, 2.45) is 5.41 Å². The molecule has 0 unspecified atom stereocenters. The topological polar surface area (TPSA) is 52.6 Å². The minimum Gasteiger partial charge on any atom is -0.496 e. The van der Waals surface area contributed by atoms with E-state index >= 15 is 0 Å². The first-order valence-corrected chi connectivity index (χ1v) is 9.24. The van der Waals surface area contributed by atoms with Crippen LogP contribution in [-0.4, -0.2) is 25.5 Å². The highest BCUT2D eigenvalue weighted by Gasteiger charge is 2.51. The molecule has 0 N–H and O–H groups in total. The van der Waals surface area contributed by atoms with Crippen LogP contribution < -0.4 is 4.74 Å². The molecule has 4 heteroatoms. The molecule has 0 heterocycles. The SMILES string of the molecule is COc1ccc2c3c(ccc2c1C=O)[C@@H]1CC[C@H](OC(C)=O)[C@@]1(C)CC3. The number of rotatable bonds is 3. The summed E-state index contributed by atoms with van der Waals surface area (Å²) in [6.07, 6.45) is 4.75. The van der Waals surface area contributed by atoms with Crippen molar-refractivity contribution >= 4 is 23.0 Å². The van der Waals surface area contributed by atoms with E-state index in [-0.39, 0.29) is 17.5 Å². The minimum atomic E-state index is -0.191. The first kappa shape index (κ1) is 17.1. The minimum absolute atomic E-state index is 0.00440. The van der Waals surface area contributed by atoms with E-state index in [9.17, 15) is 9.59 Å². The molecule has 4 rings (SSSR count). The van der Waals surface area contributed by atoms with Crippen LogP contribution >= 0.6 is 0 Å². The summed E-state index contributed by atoms with van der Waals surface area (Å²) in [7, 11) is 1.59. The van der Waals surface area contributed by atoms with E-state index in [1.165, 1.54) is 18.1 Å². The standard InChI is InChI=1S/C22H24O4/c1-13(24)26-21-9-7-19-17-5-4-15-14(16(17)10-11-22(19,21)2)6-8-20(25-3)18(15)12-23/h4-6,8,12,19,21H,7,9-11H2,1-3H3/t19-,21-,22-/m0/s1. The van der Waals surface area contributed by atoms with Crippen LogP contribution in [0.5, 0.6) is 5.75 Å². The first-order valence-electron chi connectivity index (χ1n) is 9.24. The monoisotopic (exact) mass is 352 g/mol. The van der Waals surface area contributed by atoms with Gasteiger partial charge in [-0.15, -0.1) is 0 Å². The highest BCUT2D eigenvalue weighted by Crippen LogP contribution is 2.57. The molecule has 0 amide bonds. The van der Waals surface area contributed by atoms with Gasteiger partial charge in [-0.3, -0.25) is 9.59 Å². The highest BCUT2D eigenvalue weighted by atomic mass is 16.5. The van der Waals surface area contributed by atoms with Crippen LogP contribution in [-0.2, 0) is 16.0 Å². The summed E-state index contributed by atoms with van der Waals surface area (Å²) >= 11 is 0. The van der Waals surface area contributed by atoms with Crippen molar-refractivity contribution in [3.8, 4) is 5.75 Å². The fourth-order valence-corrected chi connectivity index (χ4v) is 5.23. The van der Waals surface area contributed by atoms with E-state index in [1.807, 2.05) is 12.1 Å². The first-order chi connectivity index (χ1) is 12.5. The van der Waals surface area contributed by atoms with Crippen molar-refractivity contribution in [2.45, 2.75) is 51.6 Å². The van der Waals surface area contributed by atoms with Gasteiger partial charge in [-0.05, 0) is 59.6 Å². The molecule has 0 aliphatic heterocycles. The fraction of sp³-hybridized carbons (Fsp3) is 0.455. The number of carbonyl (C=O) groups is 2. The number of esters is 1. The zero-order valence-corrected chi connectivity index (χ0v) is 15.5. The van der Waals surface area contributed by atoms with E-state index < -0.39 is 0 Å². The lowest BCUT2D eigenvalue weighted by Crippen LogP contribution is -2.37. The highest BCUT2D eigenvalue weighted by molar-refractivity contribution is 6.02. The third-order valence-corrected chi connectivity index (χ3v) is 6.53. The number of methoxy groups -OCH3 is 1. The normalized spacial score (nSPS) is 26.9. The summed E-state index contributed by atoms with van der Waals surface area (Å²) in [4.78, 5) is 23.1. The van der Waals surface area contributed by atoms with E-state index in [0.29, 0.717) is 17.2 Å². The van der Waals surface area contributed by atoms with Crippen LogP contribution in [0.25, 0.3) is 10.8 Å². The Kier molecular flexibility index (Phi) is 4.02. The van der Waals surface area contributed by atoms with Gasteiger partial charge in [0.2, 0.25) is 0 Å². The average molecular weight is 352 g/mol. The summed E-state index contributed by atoms with van der Waals surface area (Å²) < 4.78 is 11.0. The maximum Gasteiger partial charge on any atom is 0.302 e. The van der Waals surface area contributed by atoms with E-state index in [1.54, 1.807) is 7.11 Å². The lowest BCUT2D eigenvalue weighted by molar-refractivity contribution is -0.152. The Hall–Kier alpha value is -2.36. The summed E-state index contributed by atoms with van der Waals surface area (Å²) in [6.45, 7) is 3.76. The van der Waals surface area contributed by atoms with Gasteiger partial charge in [-0.1, -0.05) is 25.1 Å². The predicted octanol–water partition coefficient (Wildman–Crippen LogP) is 4.42. The number of aryl methyl sites for hydroxylation is 1. The fourth-order valence-electron chi connectivity index (χ4n) is 5.23. The van der Waals surface area contributed by atoms with E-state index in [2.05, 4.69) is 19.1 Å². The molecule has 4 nitrogen and oxygen atoms in total. The van der Waals surface area contributed by atoms with Gasteiger partial charge in [0, 0.05) is 12.3 Å². The van der Waals surface area contributed by atoms with Gasteiger partial charge in [0.25, 0.3) is 0 Å². The zero-order chi connectivity index (χ0) is 18.5. The van der Waals surface area contributed by atoms with Crippen molar-refractivity contribution in [1.29, 1.82) is 0 Å². The summed E-state index contributed by atoms with van der Waals surface area (Å²) in [5.74, 6) is 0.814. The molecule has 0 saturated heterocycles. The van der Waals surface area contributed by atoms with Crippen molar-refractivity contribution in [1.82, 2.24) is 0 Å². The van der Waals surface area contributed by atoms with Gasteiger partial charge >= 0.3 is 5.97 Å². The van der Waals surface area contributed by atoms with Crippen molar-refractivity contribution in [3.05, 3.63) is 41.0 Å². The van der Waals surface area contributed by atoms with Crippen molar-refractivity contribution in [2.75, 3.05) is 7.11 Å². The Morgan fingerprint density at radius 1 is 1.19 bits per heavy atom. The molecule has 0 aromatic heterocycles. The van der Waals surface area contributed by atoms with Gasteiger partial charge in [-0.2, -0.15) is 0 Å². The molecule has 0 radical (unpaired) electrons. The second kappa shape index (κ2) is 6.11. The van der Waals surface area contributed by atoms with Crippen LogP contribution in [0.2, 0.25) is 0 Å². The van der Waals surface area contributed by atoms with Gasteiger partial charge in [0.1, 0.15) is 11.9 Å². The Morgan fingerprint density at radius 3 is 2.65 bits per heavy atom. The van der Waals surface area contributed by atoms with Gasteiger partial charge in [-0.25, -0.2) is 0 Å². The second-order valence-electron chi connectivity index (χ2n) is 7.76. The predicted molar refractivity (Wildman–Crippen MR) is 99.8 cm³/mol. The number of carbonyl (C=O) groups excluding carboxylic acids is 2. The molecule has 2 aliphatic carbocycles. The molecule has 26 heavy (non-hydrogen) atoms. The maximum absolute atomic E-state index is 11.6. The number of hydrogen-bond donors (Lipinski definition) is 0. The number of benzene rings is 2. The average Bonchev–Trinajstić information content (AvgIpc) is 2.96. The molecular weight excluding hydrogens is 328 g/mol. The van der Waals surface area contributed by atoms with Crippen LogP contribution in [0, 0.1) is 5.41 Å². The van der Waals surface area contributed by atoms with Crippen molar-refractivity contribution < 1.29 is 19.1 Å². The summed E-state index contributed by atoms with van der Waals surface area (Å²) in [5, 5.41) is 2.10. The molecular formula is C22H24O4. The van der Waals surface area contributed by atoms with Crippen LogP contribution in [0.15, 0.2) is 24.3 Å². The number of fused-ring (bicyclic) bond motifs is 5. The number of hydrogen-bond acceptors (Lipinski definition) is 4. The molecule has 2 aromatic rings. The Balaban J connectivity index is 1.83. The molecule has 1 saturated carbocycles. The third-order valence-electron chi connectivity index (χ3n) is 6.53. The molecule has 0 spiro atoms. The molecule has 2 aliphatic rings. The lowest BCUT2D eigenvalue weighted by atomic mass is 9.65. The Morgan fingerprint density at radius 2 is 1.96 bits per heavy atom. The summed E-state index contributed by atoms with van der Waals surface area (Å²) in [6, 6.07) is 8.17. The van der Waals surface area contributed by atoms with Gasteiger partial charge in [0.05, 0.1) is 12.7 Å². The Bertz CT molecular complexity index is 901. The Labute approximate surface area is 153 Å². The lowest BCUT2D eigenvalue weighted by Gasteiger charge is -2.41. The van der Waals surface area contributed by atoms with Gasteiger partial charge < -0.3 is 9.47 Å². The summed E-state index contributed by atoms with van der Waals surface area (Å²) in [5.41, 5.74) is 3.29. The van der Waals surface area contributed by atoms with Gasteiger partial charge in [0.15, 0.2) is 6.29 Å². The quantitative estimate of drug-likeness (QED) is 0.606. The van der Waals surface area contributed by atoms with Crippen LogP contribution in [0.1, 0.15) is 60.5 Å². The third kappa shape index (κ3) is 2.35. The van der Waals surface area contributed by atoms with Crippen LogP contribution in [0.4, 0.5) is 0 Å². The number of aldehydes is 1. The molecule has 2 aromatic carbocycles. The molecule has 136 valence electrons. The largest absolute Gasteiger partial charge is 0.496 e. The van der Waals surface area contributed by atoms with E-state index in [0.717, 1.165) is 42.7 Å². The molecule has 0 bridgehead atoms. The van der Waals surface area contributed by atoms with E-state index in [4.69, 9.17) is 9.47 Å². The molecule has 3 atom stereocenters. The maximum atomic E-state index is 11.6.